The Balaban J connectivity index is 2.46. The van der Waals surface area contributed by atoms with E-state index in [9.17, 15) is 8.42 Å². The summed E-state index contributed by atoms with van der Waals surface area (Å²) < 4.78 is 26.5. The number of rotatable bonds is 8. The van der Waals surface area contributed by atoms with E-state index in [1.165, 1.54) is 12.1 Å². The largest absolute Gasteiger partial charge is 0.324 e. The molecule has 0 saturated carbocycles. The molecule has 0 heterocycles. The highest BCUT2D eigenvalue weighted by Crippen LogP contribution is 2.13. The van der Waals surface area contributed by atoms with Gasteiger partial charge >= 0.3 is 0 Å². The van der Waals surface area contributed by atoms with Crippen LogP contribution in [-0.4, -0.2) is 15.0 Å². The molecule has 0 aliphatic heterocycles. The molecule has 1 aromatic carbocycles. The highest BCUT2D eigenvalue weighted by molar-refractivity contribution is 7.89. The molecule has 0 aliphatic rings. The van der Waals surface area contributed by atoms with Crippen molar-refractivity contribution in [2.24, 2.45) is 11.8 Å². The molecule has 0 unspecified atom stereocenters. The van der Waals surface area contributed by atoms with Gasteiger partial charge in [-0.05, 0) is 36.6 Å². The molecule has 1 rings (SSSR count). The molecule has 0 amide bonds. The lowest BCUT2D eigenvalue weighted by atomic mass is 10.1. The average Bonchev–Trinajstić information content (AvgIpc) is 2.38. The summed E-state index contributed by atoms with van der Waals surface area (Å²) in [5.74, 6) is 5.89. The van der Waals surface area contributed by atoms with Crippen LogP contribution in [0.2, 0.25) is 0 Å². The van der Waals surface area contributed by atoms with Crippen LogP contribution < -0.4 is 16.0 Å². The van der Waals surface area contributed by atoms with Crippen molar-refractivity contribution in [3.05, 3.63) is 24.3 Å². The predicted octanol–water partition coefficient (Wildman–Crippen LogP) is 2.08. The Kier molecular flexibility index (Phi) is 6.27. The minimum atomic E-state index is -3.40. The topological polar surface area (TPSA) is 84.2 Å². The van der Waals surface area contributed by atoms with Crippen molar-refractivity contribution in [3.8, 4) is 0 Å². The van der Waals surface area contributed by atoms with Gasteiger partial charge in [0.05, 0.1) is 4.90 Å². The first-order chi connectivity index (χ1) is 8.95. The van der Waals surface area contributed by atoms with Gasteiger partial charge in [-0.3, -0.25) is 5.84 Å². The molecule has 0 spiro atoms. The molecule has 0 fully saturated rings. The van der Waals surface area contributed by atoms with E-state index in [1.807, 2.05) is 0 Å². The Morgan fingerprint density at radius 2 is 1.79 bits per heavy atom. The van der Waals surface area contributed by atoms with Gasteiger partial charge in [-0.2, -0.15) is 0 Å². The predicted molar refractivity (Wildman–Crippen MR) is 78.1 cm³/mol. The quantitative estimate of drug-likeness (QED) is 0.388. The van der Waals surface area contributed by atoms with Crippen LogP contribution >= 0.6 is 0 Å². The lowest BCUT2D eigenvalue weighted by Gasteiger charge is -2.08. The zero-order valence-electron chi connectivity index (χ0n) is 11.5. The molecule has 5 nitrogen and oxygen atoms in total. The average molecular weight is 285 g/mol. The van der Waals surface area contributed by atoms with Crippen molar-refractivity contribution in [2.45, 2.75) is 38.0 Å². The number of anilines is 1. The van der Waals surface area contributed by atoms with Crippen LogP contribution in [0.3, 0.4) is 0 Å². The number of benzene rings is 1. The summed E-state index contributed by atoms with van der Waals surface area (Å²) in [4.78, 5) is 0.260. The number of sulfonamides is 1. The third-order valence-corrected chi connectivity index (χ3v) is 4.31. The van der Waals surface area contributed by atoms with Crippen LogP contribution in [-0.2, 0) is 10.0 Å². The standard InChI is InChI=1S/C13H23N3O2S/c1-11(2)5-3-4-10-15-19(17,18)13-8-6-12(16-14)7-9-13/h6-9,11,15-16H,3-5,10,14H2,1-2H3. The molecular weight excluding hydrogens is 262 g/mol. The zero-order chi connectivity index (χ0) is 14.3. The third kappa shape index (κ3) is 5.59. The highest BCUT2D eigenvalue weighted by atomic mass is 32.2. The lowest BCUT2D eigenvalue weighted by Crippen LogP contribution is -2.24. The first kappa shape index (κ1) is 15.9. The minimum Gasteiger partial charge on any atom is -0.324 e. The summed E-state index contributed by atoms with van der Waals surface area (Å²) in [6.07, 6.45) is 3.02. The fourth-order valence-corrected chi connectivity index (χ4v) is 2.77. The number of nitrogens with one attached hydrogen (secondary N) is 2. The number of nitrogen functional groups attached to an aromatic ring is 1. The summed E-state index contributed by atoms with van der Waals surface area (Å²) in [6.45, 7) is 4.81. The van der Waals surface area contributed by atoms with Crippen molar-refractivity contribution < 1.29 is 8.42 Å². The van der Waals surface area contributed by atoms with E-state index >= 15 is 0 Å². The van der Waals surface area contributed by atoms with E-state index < -0.39 is 10.0 Å². The fraction of sp³-hybridized carbons (Fsp3) is 0.538. The van der Waals surface area contributed by atoms with E-state index in [2.05, 4.69) is 24.0 Å². The smallest absolute Gasteiger partial charge is 0.240 e. The van der Waals surface area contributed by atoms with E-state index in [0.717, 1.165) is 19.3 Å². The fourth-order valence-electron chi connectivity index (χ4n) is 1.70. The summed E-state index contributed by atoms with van der Waals surface area (Å²) in [5, 5.41) is 0. The van der Waals surface area contributed by atoms with E-state index in [-0.39, 0.29) is 4.90 Å². The van der Waals surface area contributed by atoms with Gasteiger partial charge in [-0.1, -0.05) is 26.7 Å². The summed E-state index contributed by atoms with van der Waals surface area (Å²) >= 11 is 0. The Morgan fingerprint density at radius 1 is 1.16 bits per heavy atom. The number of hydrazine groups is 1. The molecular formula is C13H23N3O2S. The van der Waals surface area contributed by atoms with Gasteiger partial charge < -0.3 is 5.43 Å². The van der Waals surface area contributed by atoms with Gasteiger partial charge in [0.2, 0.25) is 10.0 Å². The normalized spacial score (nSPS) is 11.8. The van der Waals surface area contributed by atoms with Crippen molar-refractivity contribution in [1.29, 1.82) is 0 Å². The van der Waals surface area contributed by atoms with Gasteiger partial charge in [0, 0.05) is 12.2 Å². The number of unbranched alkanes of at least 4 members (excludes halogenated alkanes) is 1. The van der Waals surface area contributed by atoms with Crippen molar-refractivity contribution in [1.82, 2.24) is 4.72 Å². The van der Waals surface area contributed by atoms with E-state index in [1.54, 1.807) is 12.1 Å². The van der Waals surface area contributed by atoms with Crippen LogP contribution in [0.5, 0.6) is 0 Å². The first-order valence-electron chi connectivity index (χ1n) is 6.52. The molecule has 1 aromatic rings. The maximum atomic E-state index is 12.0. The van der Waals surface area contributed by atoms with Crippen molar-refractivity contribution in [3.63, 3.8) is 0 Å². The van der Waals surface area contributed by atoms with Gasteiger partial charge in [0.15, 0.2) is 0 Å². The molecule has 19 heavy (non-hydrogen) atoms. The number of hydrogen-bond donors (Lipinski definition) is 3. The van der Waals surface area contributed by atoms with E-state index in [0.29, 0.717) is 18.2 Å². The molecule has 4 N–H and O–H groups in total. The molecule has 0 aliphatic carbocycles. The Bertz CT molecular complexity index is 469. The Morgan fingerprint density at radius 3 is 2.32 bits per heavy atom. The molecule has 0 radical (unpaired) electrons. The summed E-state index contributed by atoms with van der Waals surface area (Å²) in [6, 6.07) is 6.33. The number of nitrogens with two attached hydrogens (primary N) is 1. The third-order valence-electron chi connectivity index (χ3n) is 2.83. The molecule has 0 aromatic heterocycles. The second-order valence-corrected chi connectivity index (χ2v) is 6.72. The molecule has 0 atom stereocenters. The SMILES string of the molecule is CC(C)CCCCNS(=O)(=O)c1ccc(NN)cc1. The lowest BCUT2D eigenvalue weighted by molar-refractivity contribution is 0.530. The second kappa shape index (κ2) is 7.47. The van der Waals surface area contributed by atoms with Gasteiger partial charge in [-0.25, -0.2) is 13.1 Å². The molecule has 0 bridgehead atoms. The zero-order valence-corrected chi connectivity index (χ0v) is 12.3. The van der Waals surface area contributed by atoms with Gasteiger partial charge in [0.25, 0.3) is 0 Å². The highest BCUT2D eigenvalue weighted by Gasteiger charge is 2.12. The van der Waals surface area contributed by atoms with Crippen LogP contribution in [0.4, 0.5) is 5.69 Å². The van der Waals surface area contributed by atoms with Crippen LogP contribution in [0.1, 0.15) is 33.1 Å². The summed E-state index contributed by atoms with van der Waals surface area (Å²) in [7, 11) is -3.40. The maximum absolute atomic E-state index is 12.0. The molecule has 6 heteroatoms. The maximum Gasteiger partial charge on any atom is 0.240 e. The minimum absolute atomic E-state index is 0.260. The van der Waals surface area contributed by atoms with Crippen molar-refractivity contribution >= 4 is 15.7 Å². The van der Waals surface area contributed by atoms with Gasteiger partial charge in [-0.15, -0.1) is 0 Å². The monoisotopic (exact) mass is 285 g/mol. The Hall–Kier alpha value is -1.11. The summed E-state index contributed by atoms with van der Waals surface area (Å²) in [5.41, 5.74) is 3.14. The van der Waals surface area contributed by atoms with Crippen LogP contribution in [0, 0.1) is 5.92 Å². The van der Waals surface area contributed by atoms with Crippen LogP contribution in [0.25, 0.3) is 0 Å². The first-order valence-corrected chi connectivity index (χ1v) is 8.00. The molecule has 108 valence electrons. The molecule has 0 saturated heterocycles. The van der Waals surface area contributed by atoms with E-state index in [4.69, 9.17) is 5.84 Å². The van der Waals surface area contributed by atoms with Crippen LogP contribution in [0.15, 0.2) is 29.2 Å². The Labute approximate surface area is 115 Å². The van der Waals surface area contributed by atoms with Gasteiger partial charge in [0.1, 0.15) is 0 Å². The number of hydrogen-bond acceptors (Lipinski definition) is 4. The van der Waals surface area contributed by atoms with Crippen molar-refractivity contribution in [2.75, 3.05) is 12.0 Å². The second-order valence-electron chi connectivity index (χ2n) is 4.96.